The Hall–Kier alpha value is -1.37. The Bertz CT molecular complexity index is 803. The maximum Gasteiger partial charge on any atom is 0.303 e. The van der Waals surface area contributed by atoms with Crippen LogP contribution in [0.4, 0.5) is 0 Å². The maximum atomic E-state index is 10.9. The van der Waals surface area contributed by atoms with Crippen LogP contribution >= 0.6 is 0 Å². The first-order chi connectivity index (χ1) is 18.7. The van der Waals surface area contributed by atoms with Gasteiger partial charge >= 0.3 is 5.97 Å². The molecule has 0 aromatic carbocycles. The van der Waals surface area contributed by atoms with Crippen LogP contribution in [0, 0.1) is 23.7 Å². The summed E-state index contributed by atoms with van der Waals surface area (Å²) in [6.07, 6.45) is 24.3. The Labute approximate surface area is 229 Å². The molecule has 6 heteroatoms. The van der Waals surface area contributed by atoms with Crippen molar-refractivity contribution in [3.05, 3.63) is 23.5 Å². The lowest BCUT2D eigenvalue weighted by atomic mass is 9.84. The fourth-order valence-electron chi connectivity index (χ4n) is 7.56. The third-order valence-electron chi connectivity index (χ3n) is 9.58. The number of hydrogen-bond donors (Lipinski definition) is 1. The average molecular weight is 531 g/mol. The summed E-state index contributed by atoms with van der Waals surface area (Å²) in [5, 5.41) is 9.01. The molecule has 2 unspecified atom stereocenters. The number of fused-ring (bicyclic) bond motifs is 1. The van der Waals surface area contributed by atoms with Crippen LogP contribution < -0.4 is 0 Å². The second-order valence-electron chi connectivity index (χ2n) is 12.4. The van der Waals surface area contributed by atoms with Gasteiger partial charge in [-0.05, 0) is 94.5 Å². The normalized spacial score (nSPS) is 34.6. The number of unbranched alkanes of at least 4 members (excludes halogenated alkanes) is 1. The minimum absolute atomic E-state index is 0.0972. The lowest BCUT2D eigenvalue weighted by Gasteiger charge is -2.34. The van der Waals surface area contributed by atoms with E-state index in [1.165, 1.54) is 44.1 Å². The first-order valence-electron chi connectivity index (χ1n) is 15.8. The van der Waals surface area contributed by atoms with E-state index in [-0.39, 0.29) is 31.0 Å². The highest BCUT2D eigenvalue weighted by molar-refractivity contribution is 5.66. The van der Waals surface area contributed by atoms with Crippen molar-refractivity contribution in [3.8, 4) is 0 Å². The Balaban J connectivity index is 1.32. The predicted octanol–water partition coefficient (Wildman–Crippen LogP) is 7.52. The summed E-state index contributed by atoms with van der Waals surface area (Å²) in [7, 11) is 0. The second-order valence-corrected chi connectivity index (χ2v) is 12.4. The number of carboxylic acid groups (broad SMARTS) is 1. The molecule has 2 saturated heterocycles. The number of carboxylic acids is 1. The van der Waals surface area contributed by atoms with Crippen molar-refractivity contribution in [1.82, 2.24) is 0 Å². The first-order valence-corrected chi connectivity index (χ1v) is 15.8. The van der Waals surface area contributed by atoms with E-state index in [2.05, 4.69) is 12.2 Å². The van der Waals surface area contributed by atoms with Crippen molar-refractivity contribution in [2.45, 2.75) is 134 Å². The minimum atomic E-state index is -0.693. The van der Waals surface area contributed by atoms with E-state index in [1.807, 2.05) is 0 Å². The summed E-state index contributed by atoms with van der Waals surface area (Å²) in [5.74, 6) is 2.40. The molecular weight excluding hydrogens is 480 g/mol. The van der Waals surface area contributed by atoms with Crippen LogP contribution in [0.5, 0.6) is 0 Å². The number of aliphatic carboxylic acids is 1. The van der Waals surface area contributed by atoms with Crippen LogP contribution in [-0.2, 0) is 23.7 Å². The van der Waals surface area contributed by atoms with Gasteiger partial charge in [0.25, 0.3) is 0 Å². The molecule has 0 aromatic rings. The van der Waals surface area contributed by atoms with E-state index < -0.39 is 5.97 Å². The van der Waals surface area contributed by atoms with Crippen LogP contribution in [0.2, 0.25) is 0 Å². The van der Waals surface area contributed by atoms with E-state index in [0.717, 1.165) is 95.5 Å². The third-order valence-corrected chi connectivity index (χ3v) is 9.58. The fraction of sp³-hybridized carbons (Fsp3) is 0.844. The van der Waals surface area contributed by atoms with E-state index >= 15 is 0 Å². The molecule has 5 rings (SSSR count). The quantitative estimate of drug-likeness (QED) is 0.160. The van der Waals surface area contributed by atoms with Gasteiger partial charge in [0.1, 0.15) is 5.76 Å². The summed E-state index contributed by atoms with van der Waals surface area (Å²) >= 11 is 0. The molecule has 0 amide bonds. The van der Waals surface area contributed by atoms with E-state index in [9.17, 15) is 4.79 Å². The topological polar surface area (TPSA) is 74.2 Å². The molecule has 6 atom stereocenters. The molecule has 2 heterocycles. The zero-order chi connectivity index (χ0) is 26.2. The molecule has 4 fully saturated rings. The van der Waals surface area contributed by atoms with Gasteiger partial charge in [-0.2, -0.15) is 0 Å². The number of allylic oxidation sites excluding steroid dienone is 3. The molecule has 214 valence electrons. The lowest BCUT2D eigenvalue weighted by Crippen LogP contribution is -2.34. The highest BCUT2D eigenvalue weighted by Gasteiger charge is 2.49. The number of ether oxygens (including phenoxy) is 4. The highest BCUT2D eigenvalue weighted by atomic mass is 16.7. The first kappa shape index (κ1) is 28.2. The Kier molecular flexibility index (Phi) is 10.6. The van der Waals surface area contributed by atoms with Gasteiger partial charge in [0.15, 0.2) is 12.6 Å². The van der Waals surface area contributed by atoms with Crippen LogP contribution in [0.15, 0.2) is 23.5 Å². The van der Waals surface area contributed by atoms with Crippen molar-refractivity contribution in [2.24, 2.45) is 23.7 Å². The second kappa shape index (κ2) is 14.3. The van der Waals surface area contributed by atoms with Gasteiger partial charge < -0.3 is 24.1 Å². The van der Waals surface area contributed by atoms with Gasteiger partial charge in [-0.15, -0.1) is 0 Å². The third kappa shape index (κ3) is 7.85. The summed E-state index contributed by atoms with van der Waals surface area (Å²) in [6.45, 7) is 1.58. The molecule has 0 spiro atoms. The Morgan fingerprint density at radius 1 is 0.947 bits per heavy atom. The zero-order valence-corrected chi connectivity index (χ0v) is 23.3. The number of rotatable bonds is 12. The Morgan fingerprint density at radius 3 is 2.39 bits per heavy atom. The molecule has 6 nitrogen and oxygen atoms in total. The summed E-state index contributed by atoms with van der Waals surface area (Å²) in [5.41, 5.74) is 1.50. The molecule has 0 bridgehead atoms. The van der Waals surface area contributed by atoms with Gasteiger partial charge in [0, 0.05) is 25.4 Å². The lowest BCUT2D eigenvalue weighted by molar-refractivity contribution is -0.201. The summed E-state index contributed by atoms with van der Waals surface area (Å²) in [6, 6.07) is 0. The Morgan fingerprint density at radius 2 is 1.68 bits per heavy atom. The van der Waals surface area contributed by atoms with E-state index in [1.54, 1.807) is 0 Å². The average Bonchev–Trinajstić information content (AvgIpc) is 3.47. The van der Waals surface area contributed by atoms with Gasteiger partial charge in [0.2, 0.25) is 0 Å². The van der Waals surface area contributed by atoms with Crippen LogP contribution in [-0.4, -0.2) is 43.0 Å². The van der Waals surface area contributed by atoms with Crippen molar-refractivity contribution in [2.75, 3.05) is 13.2 Å². The molecule has 0 aromatic heterocycles. The summed E-state index contributed by atoms with van der Waals surface area (Å²) in [4.78, 5) is 10.9. The molecule has 0 radical (unpaired) electrons. The molecular formula is C32H50O6. The van der Waals surface area contributed by atoms with E-state index in [4.69, 9.17) is 24.1 Å². The maximum absolute atomic E-state index is 10.9. The monoisotopic (exact) mass is 530 g/mol. The largest absolute Gasteiger partial charge is 0.481 e. The minimum Gasteiger partial charge on any atom is -0.481 e. The molecule has 5 aliphatic rings. The van der Waals surface area contributed by atoms with Crippen molar-refractivity contribution < 1.29 is 28.8 Å². The molecule has 2 saturated carbocycles. The molecule has 1 N–H and O–H groups in total. The van der Waals surface area contributed by atoms with Crippen LogP contribution in [0.3, 0.4) is 0 Å². The predicted molar refractivity (Wildman–Crippen MR) is 146 cm³/mol. The number of hydrogen-bond acceptors (Lipinski definition) is 5. The molecule has 3 aliphatic carbocycles. The van der Waals surface area contributed by atoms with E-state index in [0.29, 0.717) is 11.8 Å². The highest BCUT2D eigenvalue weighted by Crippen LogP contribution is 2.52. The fourth-order valence-corrected chi connectivity index (χ4v) is 7.56. The number of carbonyl (C=O) groups is 1. The van der Waals surface area contributed by atoms with Gasteiger partial charge in [-0.3, -0.25) is 4.79 Å². The standard InChI is InChI=1S/C32H50O6/c33-29(34)13-5-4-12-24-20-25-22-28(38-31-15-7-9-19-36-31)32(26(25)21-24)27(37-30-14-6-8-18-35-30)17-16-23-10-2-1-3-11-23/h17,20,23,25-26,28,30-32H,1-16,18-19,21-22H2,(H,33,34)/t25-,26-,28-,30?,31?,32+/m1/s1. The van der Waals surface area contributed by atoms with Crippen molar-refractivity contribution in [1.29, 1.82) is 0 Å². The summed E-state index contributed by atoms with van der Waals surface area (Å²) < 4.78 is 25.6. The smallest absolute Gasteiger partial charge is 0.303 e. The van der Waals surface area contributed by atoms with Gasteiger partial charge in [-0.25, -0.2) is 0 Å². The van der Waals surface area contributed by atoms with Gasteiger partial charge in [-0.1, -0.05) is 43.8 Å². The molecule has 38 heavy (non-hydrogen) atoms. The zero-order valence-electron chi connectivity index (χ0n) is 23.3. The van der Waals surface area contributed by atoms with Gasteiger partial charge in [0.05, 0.1) is 12.7 Å². The van der Waals surface area contributed by atoms with Crippen LogP contribution in [0.1, 0.15) is 116 Å². The van der Waals surface area contributed by atoms with Crippen molar-refractivity contribution >= 4 is 5.97 Å². The van der Waals surface area contributed by atoms with Crippen LogP contribution in [0.25, 0.3) is 0 Å². The SMILES string of the molecule is O=C(O)CCCCC1=C[C@@H]2C[C@@H](OC3CCCCO3)[C@H](C(=CCC3CCCCC3)OC3CCCCO3)[C@@H]2C1. The van der Waals surface area contributed by atoms with Crippen molar-refractivity contribution in [3.63, 3.8) is 0 Å². The molecule has 2 aliphatic heterocycles.